The summed E-state index contributed by atoms with van der Waals surface area (Å²) in [7, 11) is 0. The van der Waals surface area contributed by atoms with Crippen LogP contribution in [0.15, 0.2) is 12.3 Å². The standard InChI is InChI=1S/C13H19N3O2/c1-9(2)16-6-5-10(14-16)8-15-11(17)7-13(3,4)12(15)18/h5-6,9H,7-8H2,1-4H3. The highest BCUT2D eigenvalue weighted by atomic mass is 16.2. The summed E-state index contributed by atoms with van der Waals surface area (Å²) in [5, 5.41) is 4.36. The Bertz CT molecular complexity index is 488. The predicted octanol–water partition coefficient (Wildman–Crippen LogP) is 1.75. The van der Waals surface area contributed by atoms with Crippen LogP contribution in [0.3, 0.4) is 0 Å². The molecule has 18 heavy (non-hydrogen) atoms. The van der Waals surface area contributed by atoms with Gasteiger partial charge in [-0.15, -0.1) is 0 Å². The topological polar surface area (TPSA) is 55.2 Å². The molecule has 2 heterocycles. The summed E-state index contributed by atoms with van der Waals surface area (Å²) in [5.74, 6) is -0.212. The van der Waals surface area contributed by atoms with Crippen LogP contribution in [0.4, 0.5) is 0 Å². The summed E-state index contributed by atoms with van der Waals surface area (Å²) in [6.45, 7) is 7.96. The van der Waals surface area contributed by atoms with Gasteiger partial charge in [0, 0.05) is 18.7 Å². The predicted molar refractivity (Wildman–Crippen MR) is 66.6 cm³/mol. The highest BCUT2D eigenvalue weighted by molar-refractivity contribution is 6.05. The average molecular weight is 249 g/mol. The molecule has 0 saturated carbocycles. The maximum atomic E-state index is 12.1. The van der Waals surface area contributed by atoms with E-state index in [1.807, 2.05) is 30.8 Å². The molecule has 1 aromatic heterocycles. The Hall–Kier alpha value is -1.65. The van der Waals surface area contributed by atoms with Crippen molar-refractivity contribution < 1.29 is 9.59 Å². The minimum Gasteiger partial charge on any atom is -0.276 e. The third-order valence-electron chi connectivity index (χ3n) is 3.23. The zero-order chi connectivity index (χ0) is 13.5. The number of rotatable bonds is 3. The second-order valence-corrected chi connectivity index (χ2v) is 5.73. The molecular formula is C13H19N3O2. The number of likely N-dealkylation sites (tertiary alicyclic amines) is 1. The normalized spacial score (nSPS) is 19.1. The first kappa shape index (κ1) is 12.8. The van der Waals surface area contributed by atoms with Gasteiger partial charge in [0.25, 0.3) is 0 Å². The maximum absolute atomic E-state index is 12.1. The van der Waals surface area contributed by atoms with Crippen LogP contribution in [-0.2, 0) is 16.1 Å². The molecule has 2 rings (SSSR count). The van der Waals surface area contributed by atoms with Gasteiger partial charge in [-0.25, -0.2) is 0 Å². The molecule has 5 nitrogen and oxygen atoms in total. The molecule has 1 aromatic rings. The van der Waals surface area contributed by atoms with Gasteiger partial charge in [-0.2, -0.15) is 5.10 Å². The second kappa shape index (κ2) is 4.23. The van der Waals surface area contributed by atoms with Crippen molar-refractivity contribution in [3.63, 3.8) is 0 Å². The molecule has 0 aliphatic carbocycles. The fraction of sp³-hybridized carbons (Fsp3) is 0.615. The van der Waals surface area contributed by atoms with E-state index in [2.05, 4.69) is 5.10 Å². The zero-order valence-corrected chi connectivity index (χ0v) is 11.3. The van der Waals surface area contributed by atoms with Gasteiger partial charge < -0.3 is 0 Å². The number of amides is 2. The van der Waals surface area contributed by atoms with Crippen molar-refractivity contribution in [2.24, 2.45) is 5.41 Å². The van der Waals surface area contributed by atoms with E-state index in [0.29, 0.717) is 0 Å². The van der Waals surface area contributed by atoms with Gasteiger partial charge in [0.15, 0.2) is 0 Å². The van der Waals surface area contributed by atoms with E-state index < -0.39 is 5.41 Å². The molecule has 0 bridgehead atoms. The van der Waals surface area contributed by atoms with E-state index in [-0.39, 0.29) is 30.8 Å². The van der Waals surface area contributed by atoms with Crippen LogP contribution in [0.25, 0.3) is 0 Å². The van der Waals surface area contributed by atoms with E-state index in [1.54, 1.807) is 13.8 Å². The first-order chi connectivity index (χ1) is 8.31. The lowest BCUT2D eigenvalue weighted by Crippen LogP contribution is -2.32. The number of aromatic nitrogens is 2. The van der Waals surface area contributed by atoms with Gasteiger partial charge in [-0.3, -0.25) is 19.2 Å². The summed E-state index contributed by atoms with van der Waals surface area (Å²) in [5.41, 5.74) is 0.181. The minimum absolute atomic E-state index is 0.105. The van der Waals surface area contributed by atoms with E-state index in [4.69, 9.17) is 0 Å². The summed E-state index contributed by atoms with van der Waals surface area (Å²) in [6.07, 6.45) is 2.16. The van der Waals surface area contributed by atoms with Crippen molar-refractivity contribution in [1.29, 1.82) is 0 Å². The minimum atomic E-state index is -0.572. The fourth-order valence-corrected chi connectivity index (χ4v) is 2.10. The largest absolute Gasteiger partial charge is 0.276 e. The number of carbonyl (C=O) groups is 2. The van der Waals surface area contributed by atoms with Crippen LogP contribution in [0.1, 0.15) is 45.9 Å². The molecule has 1 aliphatic rings. The fourth-order valence-electron chi connectivity index (χ4n) is 2.10. The summed E-state index contributed by atoms with van der Waals surface area (Å²) >= 11 is 0. The van der Waals surface area contributed by atoms with Crippen LogP contribution in [-0.4, -0.2) is 26.5 Å². The molecule has 0 radical (unpaired) electrons. The first-order valence-electron chi connectivity index (χ1n) is 6.20. The number of hydrogen-bond donors (Lipinski definition) is 0. The summed E-state index contributed by atoms with van der Waals surface area (Å²) in [4.78, 5) is 25.2. The number of carbonyl (C=O) groups excluding carboxylic acids is 2. The van der Waals surface area contributed by atoms with E-state index in [1.165, 1.54) is 4.90 Å². The van der Waals surface area contributed by atoms with Crippen LogP contribution >= 0.6 is 0 Å². The zero-order valence-electron chi connectivity index (χ0n) is 11.3. The SMILES string of the molecule is CC(C)n1ccc(CN2C(=O)CC(C)(C)C2=O)n1. The molecular weight excluding hydrogens is 230 g/mol. The molecule has 2 amide bonds. The Morgan fingerprint density at radius 1 is 1.39 bits per heavy atom. The number of hydrogen-bond acceptors (Lipinski definition) is 3. The van der Waals surface area contributed by atoms with Crippen LogP contribution in [0.5, 0.6) is 0 Å². The number of nitrogens with zero attached hydrogens (tertiary/aromatic N) is 3. The van der Waals surface area contributed by atoms with Crippen molar-refractivity contribution in [3.8, 4) is 0 Å². The summed E-state index contributed by atoms with van der Waals surface area (Å²) < 4.78 is 1.82. The van der Waals surface area contributed by atoms with E-state index in [9.17, 15) is 9.59 Å². The Labute approximate surface area is 107 Å². The highest BCUT2D eigenvalue weighted by Gasteiger charge is 2.44. The molecule has 1 aliphatic heterocycles. The first-order valence-corrected chi connectivity index (χ1v) is 6.20. The van der Waals surface area contributed by atoms with Crippen molar-refractivity contribution in [1.82, 2.24) is 14.7 Å². The average Bonchev–Trinajstić information content (AvgIpc) is 2.78. The molecule has 0 aromatic carbocycles. The molecule has 0 spiro atoms. The van der Waals surface area contributed by atoms with Crippen LogP contribution in [0, 0.1) is 5.41 Å². The second-order valence-electron chi connectivity index (χ2n) is 5.73. The molecule has 1 saturated heterocycles. The van der Waals surface area contributed by atoms with Crippen molar-refractivity contribution in [2.75, 3.05) is 0 Å². The smallest absolute Gasteiger partial charge is 0.235 e. The highest BCUT2D eigenvalue weighted by Crippen LogP contribution is 2.32. The van der Waals surface area contributed by atoms with Crippen LogP contribution < -0.4 is 0 Å². The Balaban J connectivity index is 2.14. The lowest BCUT2D eigenvalue weighted by Gasteiger charge is -2.16. The van der Waals surface area contributed by atoms with E-state index >= 15 is 0 Å². The van der Waals surface area contributed by atoms with Gasteiger partial charge in [-0.05, 0) is 19.9 Å². The van der Waals surface area contributed by atoms with Gasteiger partial charge in [0.2, 0.25) is 11.8 Å². The van der Waals surface area contributed by atoms with E-state index in [0.717, 1.165) is 5.69 Å². The molecule has 1 fully saturated rings. The molecule has 5 heteroatoms. The Morgan fingerprint density at radius 2 is 2.06 bits per heavy atom. The van der Waals surface area contributed by atoms with Gasteiger partial charge in [-0.1, -0.05) is 13.8 Å². The third kappa shape index (κ3) is 2.17. The molecule has 98 valence electrons. The lowest BCUT2D eigenvalue weighted by atomic mass is 9.92. The van der Waals surface area contributed by atoms with Gasteiger partial charge in [0.1, 0.15) is 0 Å². The lowest BCUT2D eigenvalue weighted by molar-refractivity contribution is -0.141. The monoisotopic (exact) mass is 249 g/mol. The maximum Gasteiger partial charge on any atom is 0.235 e. The summed E-state index contributed by atoms with van der Waals surface area (Å²) in [6, 6.07) is 2.13. The Morgan fingerprint density at radius 3 is 2.50 bits per heavy atom. The quantitative estimate of drug-likeness (QED) is 0.767. The third-order valence-corrected chi connectivity index (χ3v) is 3.23. The Kier molecular flexibility index (Phi) is 3.00. The van der Waals surface area contributed by atoms with Crippen molar-refractivity contribution in [2.45, 2.75) is 46.7 Å². The molecule has 0 atom stereocenters. The molecule has 0 unspecified atom stereocenters. The van der Waals surface area contributed by atoms with Crippen molar-refractivity contribution in [3.05, 3.63) is 18.0 Å². The number of imide groups is 1. The molecule has 0 N–H and O–H groups in total. The van der Waals surface area contributed by atoms with Crippen LogP contribution in [0.2, 0.25) is 0 Å². The van der Waals surface area contributed by atoms with Gasteiger partial charge in [0.05, 0.1) is 17.7 Å². The van der Waals surface area contributed by atoms with Crippen molar-refractivity contribution >= 4 is 11.8 Å². The van der Waals surface area contributed by atoms with Gasteiger partial charge >= 0.3 is 0 Å².